The van der Waals surface area contributed by atoms with Gasteiger partial charge in [0.2, 0.25) is 5.89 Å². The second kappa shape index (κ2) is 7.98. The summed E-state index contributed by atoms with van der Waals surface area (Å²) in [5.74, 6) is 1.30. The van der Waals surface area contributed by atoms with Crippen molar-refractivity contribution in [3.8, 4) is 0 Å². The number of hydrogen-bond acceptors (Lipinski definition) is 7. The Hall–Kier alpha value is -2.58. The van der Waals surface area contributed by atoms with E-state index in [1.807, 2.05) is 25.5 Å². The molecule has 0 amide bonds. The summed E-state index contributed by atoms with van der Waals surface area (Å²) in [5.41, 5.74) is 3.60. The summed E-state index contributed by atoms with van der Waals surface area (Å²) in [6.07, 6.45) is 4.87. The summed E-state index contributed by atoms with van der Waals surface area (Å²) >= 11 is 0. The minimum atomic E-state index is 0.598. The van der Waals surface area contributed by atoms with Gasteiger partial charge >= 0.3 is 0 Å². The molecule has 4 heterocycles. The quantitative estimate of drug-likeness (QED) is 0.659. The summed E-state index contributed by atoms with van der Waals surface area (Å²) in [6, 6.07) is 6.35. The standard InChI is InChI=1S/C19H25N7O/c1-15-21-19(23-27-15)14-24(2)12-17-9-18-13-25(7-4-8-26(18)22-17)11-16-5-3-6-20-10-16/h3,5-6,9-10H,4,7-8,11-14H2,1-2H3. The first kappa shape index (κ1) is 17.8. The van der Waals surface area contributed by atoms with Gasteiger partial charge in [0.1, 0.15) is 0 Å². The molecular weight excluding hydrogens is 342 g/mol. The summed E-state index contributed by atoms with van der Waals surface area (Å²) in [4.78, 5) is 13.1. The number of nitrogens with zero attached hydrogens (tertiary/aromatic N) is 7. The number of fused-ring (bicyclic) bond motifs is 1. The van der Waals surface area contributed by atoms with Gasteiger partial charge in [0.15, 0.2) is 5.82 Å². The summed E-state index contributed by atoms with van der Waals surface area (Å²) < 4.78 is 7.20. The van der Waals surface area contributed by atoms with Crippen molar-refractivity contribution in [2.75, 3.05) is 13.6 Å². The molecule has 0 radical (unpaired) electrons. The van der Waals surface area contributed by atoms with E-state index in [1.165, 1.54) is 11.3 Å². The van der Waals surface area contributed by atoms with E-state index >= 15 is 0 Å². The van der Waals surface area contributed by atoms with Gasteiger partial charge < -0.3 is 4.52 Å². The Bertz CT molecular complexity index is 873. The Morgan fingerprint density at radius 1 is 1.26 bits per heavy atom. The molecule has 3 aromatic rings. The fraction of sp³-hybridized carbons (Fsp3) is 0.474. The lowest BCUT2D eigenvalue weighted by molar-refractivity contribution is 0.260. The van der Waals surface area contributed by atoms with E-state index in [-0.39, 0.29) is 0 Å². The van der Waals surface area contributed by atoms with Crippen molar-refractivity contribution in [2.24, 2.45) is 0 Å². The van der Waals surface area contributed by atoms with Crippen LogP contribution in [-0.4, -0.2) is 48.3 Å². The van der Waals surface area contributed by atoms with Gasteiger partial charge in [0, 0.05) is 52.0 Å². The number of pyridine rings is 1. The third-order valence-electron chi connectivity index (χ3n) is 4.69. The minimum absolute atomic E-state index is 0.598. The molecule has 3 aromatic heterocycles. The molecule has 0 bridgehead atoms. The number of hydrogen-bond donors (Lipinski definition) is 0. The van der Waals surface area contributed by atoms with Gasteiger partial charge in [-0.3, -0.25) is 19.5 Å². The van der Waals surface area contributed by atoms with Crippen LogP contribution in [-0.2, 0) is 32.7 Å². The normalized spacial score (nSPS) is 15.1. The average Bonchev–Trinajstić information content (AvgIpc) is 3.16. The van der Waals surface area contributed by atoms with Crippen molar-refractivity contribution in [1.82, 2.24) is 34.7 Å². The van der Waals surface area contributed by atoms with Crippen LogP contribution in [0, 0.1) is 6.92 Å². The maximum absolute atomic E-state index is 5.04. The fourth-order valence-electron chi connectivity index (χ4n) is 3.53. The number of aryl methyl sites for hydroxylation is 2. The first-order chi connectivity index (χ1) is 13.2. The summed E-state index contributed by atoms with van der Waals surface area (Å²) in [7, 11) is 2.05. The first-order valence-electron chi connectivity index (χ1n) is 9.30. The number of aromatic nitrogens is 5. The lowest BCUT2D eigenvalue weighted by Gasteiger charge is -2.19. The zero-order valence-corrected chi connectivity index (χ0v) is 15.9. The van der Waals surface area contributed by atoms with Crippen LogP contribution >= 0.6 is 0 Å². The van der Waals surface area contributed by atoms with Gasteiger partial charge in [0.25, 0.3) is 0 Å². The zero-order valence-electron chi connectivity index (χ0n) is 15.9. The minimum Gasteiger partial charge on any atom is -0.340 e. The molecule has 0 aromatic carbocycles. The third kappa shape index (κ3) is 4.58. The van der Waals surface area contributed by atoms with Crippen LogP contribution in [0.2, 0.25) is 0 Å². The molecule has 8 nitrogen and oxygen atoms in total. The van der Waals surface area contributed by atoms with Gasteiger partial charge in [-0.25, -0.2) is 0 Å². The van der Waals surface area contributed by atoms with Crippen LogP contribution in [0.4, 0.5) is 0 Å². The van der Waals surface area contributed by atoms with Gasteiger partial charge in [-0.05, 0) is 31.2 Å². The third-order valence-corrected chi connectivity index (χ3v) is 4.69. The fourth-order valence-corrected chi connectivity index (χ4v) is 3.53. The van der Waals surface area contributed by atoms with Crippen LogP contribution in [0.3, 0.4) is 0 Å². The molecule has 0 fully saturated rings. The molecule has 0 aliphatic carbocycles. The van der Waals surface area contributed by atoms with E-state index in [9.17, 15) is 0 Å². The van der Waals surface area contributed by atoms with Crippen molar-refractivity contribution < 1.29 is 4.52 Å². The number of rotatable bonds is 6. The molecule has 4 rings (SSSR count). The predicted molar refractivity (Wildman–Crippen MR) is 99.4 cm³/mol. The Morgan fingerprint density at radius 2 is 2.19 bits per heavy atom. The highest BCUT2D eigenvalue weighted by Gasteiger charge is 2.18. The molecule has 0 atom stereocenters. The molecule has 1 aliphatic heterocycles. The van der Waals surface area contributed by atoms with Gasteiger partial charge in [-0.1, -0.05) is 11.2 Å². The van der Waals surface area contributed by atoms with E-state index in [0.29, 0.717) is 18.3 Å². The van der Waals surface area contributed by atoms with E-state index in [2.05, 4.69) is 41.7 Å². The molecule has 142 valence electrons. The Balaban J connectivity index is 1.39. The van der Waals surface area contributed by atoms with Crippen molar-refractivity contribution in [3.05, 3.63) is 59.3 Å². The van der Waals surface area contributed by atoms with Crippen molar-refractivity contribution in [3.63, 3.8) is 0 Å². The topological polar surface area (TPSA) is 76.1 Å². The SMILES string of the molecule is Cc1nc(CN(C)Cc2cc3n(n2)CCCN(Cc2cccnc2)C3)no1. The molecule has 0 spiro atoms. The maximum Gasteiger partial charge on any atom is 0.223 e. The Labute approximate surface area is 158 Å². The molecule has 1 aliphatic rings. The maximum atomic E-state index is 5.04. The molecule has 27 heavy (non-hydrogen) atoms. The first-order valence-corrected chi connectivity index (χ1v) is 9.30. The molecule has 0 saturated carbocycles. The van der Waals surface area contributed by atoms with Crippen molar-refractivity contribution in [2.45, 2.75) is 46.1 Å². The highest BCUT2D eigenvalue weighted by Crippen LogP contribution is 2.17. The average molecular weight is 367 g/mol. The Morgan fingerprint density at radius 3 is 2.96 bits per heavy atom. The summed E-state index contributed by atoms with van der Waals surface area (Å²) in [5, 5.41) is 8.77. The van der Waals surface area contributed by atoms with Crippen molar-refractivity contribution in [1.29, 1.82) is 0 Å². The van der Waals surface area contributed by atoms with Crippen LogP contribution in [0.1, 0.15) is 35.1 Å². The lowest BCUT2D eigenvalue weighted by Crippen LogP contribution is -2.22. The highest BCUT2D eigenvalue weighted by molar-refractivity contribution is 5.13. The molecule has 0 unspecified atom stereocenters. The molecular formula is C19H25N7O. The smallest absolute Gasteiger partial charge is 0.223 e. The zero-order chi connectivity index (χ0) is 18.6. The lowest BCUT2D eigenvalue weighted by atomic mass is 10.2. The Kier molecular flexibility index (Phi) is 5.26. The van der Waals surface area contributed by atoms with Crippen LogP contribution < -0.4 is 0 Å². The largest absolute Gasteiger partial charge is 0.340 e. The van der Waals surface area contributed by atoms with Crippen LogP contribution in [0.5, 0.6) is 0 Å². The van der Waals surface area contributed by atoms with E-state index in [4.69, 9.17) is 9.62 Å². The second-order valence-electron chi connectivity index (χ2n) is 7.18. The van der Waals surface area contributed by atoms with Crippen LogP contribution in [0.15, 0.2) is 35.1 Å². The van der Waals surface area contributed by atoms with Crippen LogP contribution in [0.25, 0.3) is 0 Å². The monoisotopic (exact) mass is 367 g/mol. The van der Waals surface area contributed by atoms with E-state index < -0.39 is 0 Å². The molecule has 0 saturated heterocycles. The molecule has 8 heteroatoms. The van der Waals surface area contributed by atoms with Crippen molar-refractivity contribution >= 4 is 0 Å². The highest BCUT2D eigenvalue weighted by atomic mass is 16.5. The van der Waals surface area contributed by atoms with Gasteiger partial charge in [0.05, 0.1) is 17.9 Å². The van der Waals surface area contributed by atoms with Gasteiger partial charge in [-0.2, -0.15) is 10.1 Å². The summed E-state index contributed by atoms with van der Waals surface area (Å²) in [6.45, 7) is 7.08. The van der Waals surface area contributed by atoms with Gasteiger partial charge in [-0.15, -0.1) is 0 Å². The van der Waals surface area contributed by atoms with E-state index in [0.717, 1.165) is 44.8 Å². The predicted octanol–water partition coefficient (Wildman–Crippen LogP) is 2.01. The van der Waals surface area contributed by atoms with E-state index in [1.54, 1.807) is 6.92 Å². The second-order valence-corrected chi connectivity index (χ2v) is 7.18. The molecule has 0 N–H and O–H groups in total.